The molecular formula is C18H27N3O3S. The van der Waals surface area contributed by atoms with Crippen LogP contribution in [-0.2, 0) is 21.4 Å². The monoisotopic (exact) mass is 365 g/mol. The Morgan fingerprint density at radius 2 is 1.88 bits per heavy atom. The van der Waals surface area contributed by atoms with E-state index in [-0.39, 0.29) is 17.1 Å². The molecule has 1 saturated carbocycles. The summed E-state index contributed by atoms with van der Waals surface area (Å²) < 4.78 is 27.1. The lowest BCUT2D eigenvalue weighted by molar-refractivity contribution is -0.126. The predicted octanol–water partition coefficient (Wildman–Crippen LogP) is 2.07. The Hall–Kier alpha value is -1.47. The average molecular weight is 365 g/mol. The highest BCUT2D eigenvalue weighted by atomic mass is 32.2. The summed E-state index contributed by atoms with van der Waals surface area (Å²) in [5, 5.41) is 2.73. The molecule has 0 atom stereocenters. The molecule has 138 valence electrons. The average Bonchev–Trinajstić information content (AvgIpc) is 2.68. The van der Waals surface area contributed by atoms with E-state index in [4.69, 9.17) is 0 Å². The number of carbonyl (C=O) groups is 1. The molecule has 0 spiro atoms. The molecule has 1 amide bonds. The van der Waals surface area contributed by atoms with Gasteiger partial charge in [-0.25, -0.2) is 12.7 Å². The van der Waals surface area contributed by atoms with E-state index in [2.05, 4.69) is 10.3 Å². The molecule has 2 aliphatic rings. The van der Waals surface area contributed by atoms with E-state index in [0.29, 0.717) is 32.5 Å². The molecule has 1 aliphatic carbocycles. The van der Waals surface area contributed by atoms with Gasteiger partial charge in [-0.3, -0.25) is 9.78 Å². The van der Waals surface area contributed by atoms with E-state index in [1.807, 2.05) is 12.1 Å². The molecule has 0 unspecified atom stereocenters. The highest BCUT2D eigenvalue weighted by molar-refractivity contribution is 7.89. The molecule has 2 heterocycles. The minimum atomic E-state index is -3.20. The van der Waals surface area contributed by atoms with Crippen molar-refractivity contribution >= 4 is 15.9 Å². The first kappa shape index (κ1) is 18.3. The van der Waals surface area contributed by atoms with Crippen LogP contribution in [-0.4, -0.2) is 42.0 Å². The predicted molar refractivity (Wildman–Crippen MR) is 96.2 cm³/mol. The Kier molecular flexibility index (Phi) is 6.06. The van der Waals surface area contributed by atoms with Crippen molar-refractivity contribution in [3.63, 3.8) is 0 Å². The van der Waals surface area contributed by atoms with Crippen LogP contribution in [0.3, 0.4) is 0 Å². The lowest BCUT2D eigenvalue weighted by Gasteiger charge is -2.34. The van der Waals surface area contributed by atoms with Crippen molar-refractivity contribution in [3.8, 4) is 0 Å². The van der Waals surface area contributed by atoms with Gasteiger partial charge in [0.2, 0.25) is 15.9 Å². The lowest BCUT2D eigenvalue weighted by atomic mass is 9.97. The van der Waals surface area contributed by atoms with Gasteiger partial charge in [-0.15, -0.1) is 0 Å². The highest BCUT2D eigenvalue weighted by Crippen LogP contribution is 2.29. The number of piperidine rings is 1. The van der Waals surface area contributed by atoms with Gasteiger partial charge < -0.3 is 5.32 Å². The van der Waals surface area contributed by atoms with Gasteiger partial charge in [0, 0.05) is 37.9 Å². The van der Waals surface area contributed by atoms with Crippen LogP contribution in [0, 0.1) is 5.92 Å². The molecule has 1 aromatic rings. The molecule has 1 N–H and O–H groups in total. The van der Waals surface area contributed by atoms with Crippen molar-refractivity contribution in [2.45, 2.75) is 56.7 Å². The van der Waals surface area contributed by atoms with E-state index < -0.39 is 10.0 Å². The summed E-state index contributed by atoms with van der Waals surface area (Å²) in [6.45, 7) is 1.39. The molecular weight excluding hydrogens is 338 g/mol. The van der Waals surface area contributed by atoms with E-state index in [1.54, 1.807) is 16.7 Å². The van der Waals surface area contributed by atoms with E-state index >= 15 is 0 Å². The molecule has 7 heteroatoms. The SMILES string of the molecule is O=C(NCc1cccnc1)C1CCN(S(=O)(=O)C2CCCCC2)CC1. The molecule has 25 heavy (non-hydrogen) atoms. The van der Waals surface area contributed by atoms with Gasteiger partial charge in [0.15, 0.2) is 0 Å². The number of amides is 1. The molecule has 3 rings (SSSR count). The number of nitrogens with one attached hydrogen (secondary N) is 1. The molecule has 0 radical (unpaired) electrons. The maximum atomic E-state index is 12.7. The van der Waals surface area contributed by atoms with Crippen molar-refractivity contribution in [3.05, 3.63) is 30.1 Å². The van der Waals surface area contributed by atoms with Gasteiger partial charge >= 0.3 is 0 Å². The van der Waals surface area contributed by atoms with Crippen LogP contribution in [0.4, 0.5) is 0 Å². The van der Waals surface area contributed by atoms with Gasteiger partial charge in [-0.2, -0.15) is 0 Å². The Morgan fingerprint density at radius 3 is 2.52 bits per heavy atom. The standard InChI is InChI=1S/C18H27N3O3S/c22-18(20-14-15-5-4-10-19-13-15)16-8-11-21(12-9-16)25(23,24)17-6-2-1-3-7-17/h4-5,10,13,16-17H,1-3,6-9,11-12,14H2,(H,20,22). The summed E-state index contributed by atoms with van der Waals surface area (Å²) in [6.07, 6.45) is 9.38. The number of hydrogen-bond donors (Lipinski definition) is 1. The Bertz CT molecular complexity index is 664. The van der Waals surface area contributed by atoms with Crippen LogP contribution in [0.5, 0.6) is 0 Å². The minimum Gasteiger partial charge on any atom is -0.352 e. The first-order valence-electron chi connectivity index (χ1n) is 9.23. The highest BCUT2D eigenvalue weighted by Gasteiger charge is 2.36. The molecule has 1 aliphatic heterocycles. The number of pyridine rings is 1. The van der Waals surface area contributed by atoms with Crippen LogP contribution in [0.15, 0.2) is 24.5 Å². The zero-order chi connectivity index (χ0) is 17.7. The maximum absolute atomic E-state index is 12.7. The van der Waals surface area contributed by atoms with E-state index in [9.17, 15) is 13.2 Å². The number of rotatable bonds is 5. The summed E-state index contributed by atoms with van der Waals surface area (Å²) >= 11 is 0. The van der Waals surface area contributed by atoms with Gasteiger partial charge in [-0.1, -0.05) is 25.3 Å². The van der Waals surface area contributed by atoms with Gasteiger partial charge in [0.25, 0.3) is 0 Å². The molecule has 1 saturated heterocycles. The van der Waals surface area contributed by atoms with Crippen LogP contribution >= 0.6 is 0 Å². The third kappa shape index (κ3) is 4.58. The number of carbonyl (C=O) groups excluding carboxylic acids is 1. The van der Waals surface area contributed by atoms with Crippen molar-refractivity contribution in [1.82, 2.24) is 14.6 Å². The van der Waals surface area contributed by atoms with Crippen LogP contribution < -0.4 is 5.32 Å². The lowest BCUT2D eigenvalue weighted by Crippen LogP contribution is -2.46. The minimum absolute atomic E-state index is 0.0126. The van der Waals surface area contributed by atoms with Crippen molar-refractivity contribution in [2.75, 3.05) is 13.1 Å². The normalized spacial score (nSPS) is 21.1. The second-order valence-corrected chi connectivity index (χ2v) is 9.27. The molecule has 1 aromatic heterocycles. The topological polar surface area (TPSA) is 79.4 Å². The fourth-order valence-electron chi connectivity index (χ4n) is 3.78. The quantitative estimate of drug-likeness (QED) is 0.866. The first-order chi connectivity index (χ1) is 12.1. The zero-order valence-electron chi connectivity index (χ0n) is 14.6. The Labute approximate surface area is 150 Å². The number of sulfonamides is 1. The van der Waals surface area contributed by atoms with E-state index in [1.165, 1.54) is 0 Å². The number of aromatic nitrogens is 1. The van der Waals surface area contributed by atoms with Crippen molar-refractivity contribution in [1.29, 1.82) is 0 Å². The zero-order valence-corrected chi connectivity index (χ0v) is 15.4. The van der Waals surface area contributed by atoms with Gasteiger partial charge in [0.1, 0.15) is 0 Å². The fraction of sp³-hybridized carbons (Fsp3) is 0.667. The molecule has 0 aromatic carbocycles. The summed E-state index contributed by atoms with van der Waals surface area (Å²) in [7, 11) is -3.20. The summed E-state index contributed by atoms with van der Waals surface area (Å²) in [6, 6.07) is 3.77. The first-order valence-corrected chi connectivity index (χ1v) is 10.7. The van der Waals surface area contributed by atoms with E-state index in [0.717, 1.165) is 37.7 Å². The van der Waals surface area contributed by atoms with Crippen LogP contribution in [0.25, 0.3) is 0 Å². The number of nitrogens with zero attached hydrogens (tertiary/aromatic N) is 2. The third-order valence-electron chi connectivity index (χ3n) is 5.35. The molecule has 6 nitrogen and oxygen atoms in total. The Balaban J connectivity index is 1.48. The number of hydrogen-bond acceptors (Lipinski definition) is 4. The van der Waals surface area contributed by atoms with Crippen LogP contribution in [0.2, 0.25) is 0 Å². The maximum Gasteiger partial charge on any atom is 0.223 e. The van der Waals surface area contributed by atoms with Gasteiger partial charge in [-0.05, 0) is 37.3 Å². The summed E-state index contributed by atoms with van der Waals surface area (Å²) in [5.41, 5.74) is 0.966. The second kappa shape index (κ2) is 8.27. The molecule has 0 bridgehead atoms. The third-order valence-corrected chi connectivity index (χ3v) is 7.75. The summed E-state index contributed by atoms with van der Waals surface area (Å²) in [4.78, 5) is 16.4. The fourth-order valence-corrected chi connectivity index (χ4v) is 5.85. The second-order valence-electron chi connectivity index (χ2n) is 7.06. The summed E-state index contributed by atoms with van der Waals surface area (Å²) in [5.74, 6) is -0.0898. The van der Waals surface area contributed by atoms with Crippen molar-refractivity contribution in [2.24, 2.45) is 5.92 Å². The van der Waals surface area contributed by atoms with Crippen LogP contribution in [0.1, 0.15) is 50.5 Å². The molecule has 2 fully saturated rings. The smallest absolute Gasteiger partial charge is 0.223 e. The Morgan fingerprint density at radius 1 is 1.16 bits per heavy atom. The van der Waals surface area contributed by atoms with Crippen molar-refractivity contribution < 1.29 is 13.2 Å². The van der Waals surface area contributed by atoms with Gasteiger partial charge in [0.05, 0.1) is 5.25 Å². The largest absolute Gasteiger partial charge is 0.352 e.